The second-order valence-electron chi connectivity index (χ2n) is 4.81. The molecule has 0 aliphatic heterocycles. The standard InChI is InChI=1S/C16H17N3S/c1-19(2)11-13-5-3-4-6-15(13)20-16-8-7-12(10-17)9-14(16)18/h3-9H,11,18H2,1-2H3/i1-1. The van der Waals surface area contributed by atoms with Gasteiger partial charge in [0.2, 0.25) is 0 Å². The van der Waals surface area contributed by atoms with Crippen molar-refractivity contribution in [2.24, 2.45) is 0 Å². The molecule has 0 saturated heterocycles. The van der Waals surface area contributed by atoms with Gasteiger partial charge in [-0.05, 0) is 43.9 Å². The summed E-state index contributed by atoms with van der Waals surface area (Å²) in [5.41, 5.74) is 8.52. The number of benzene rings is 2. The monoisotopic (exact) mass is 282 g/mol. The van der Waals surface area contributed by atoms with Gasteiger partial charge in [-0.2, -0.15) is 5.26 Å². The molecule has 0 saturated carbocycles. The van der Waals surface area contributed by atoms with Crippen LogP contribution in [0, 0.1) is 11.3 Å². The lowest BCUT2D eigenvalue weighted by molar-refractivity contribution is 0.399. The highest BCUT2D eigenvalue weighted by Crippen LogP contribution is 2.34. The van der Waals surface area contributed by atoms with Crippen molar-refractivity contribution in [1.82, 2.24) is 4.90 Å². The summed E-state index contributed by atoms with van der Waals surface area (Å²) in [5.74, 6) is 0. The average Bonchev–Trinajstić information content (AvgIpc) is 2.42. The van der Waals surface area contributed by atoms with Crippen LogP contribution in [0.25, 0.3) is 0 Å². The first-order valence-corrected chi connectivity index (χ1v) is 7.12. The van der Waals surface area contributed by atoms with E-state index in [2.05, 4.69) is 37.2 Å². The summed E-state index contributed by atoms with van der Waals surface area (Å²) in [5, 5.41) is 8.87. The van der Waals surface area contributed by atoms with E-state index in [1.807, 2.05) is 18.2 Å². The number of rotatable bonds is 4. The van der Waals surface area contributed by atoms with E-state index in [0.717, 1.165) is 11.4 Å². The second kappa shape index (κ2) is 6.47. The van der Waals surface area contributed by atoms with Crippen molar-refractivity contribution in [3.63, 3.8) is 0 Å². The van der Waals surface area contributed by atoms with Gasteiger partial charge in [0.05, 0.1) is 11.6 Å². The molecule has 0 unspecified atom stereocenters. The first kappa shape index (κ1) is 14.4. The first-order chi connectivity index (χ1) is 9.60. The predicted octanol–water partition coefficient (Wildman–Crippen LogP) is 3.35. The van der Waals surface area contributed by atoms with E-state index in [1.165, 1.54) is 10.5 Å². The number of hydrogen-bond donors (Lipinski definition) is 1. The van der Waals surface area contributed by atoms with Crippen LogP contribution in [0.4, 0.5) is 5.69 Å². The van der Waals surface area contributed by atoms with Crippen LogP contribution in [-0.4, -0.2) is 19.0 Å². The Labute approximate surface area is 124 Å². The fourth-order valence-corrected chi connectivity index (χ4v) is 2.86. The Morgan fingerprint density at radius 2 is 1.90 bits per heavy atom. The normalized spacial score (nSPS) is 10.5. The number of hydrogen-bond acceptors (Lipinski definition) is 4. The lowest BCUT2D eigenvalue weighted by atomic mass is 10.2. The molecule has 3 nitrogen and oxygen atoms in total. The highest BCUT2D eigenvalue weighted by Gasteiger charge is 2.08. The van der Waals surface area contributed by atoms with Crippen molar-refractivity contribution >= 4 is 17.4 Å². The zero-order valence-electron chi connectivity index (χ0n) is 11.6. The number of anilines is 1. The number of nitrogen functional groups attached to an aromatic ring is 1. The number of nitrogens with two attached hydrogens (primary N) is 1. The van der Waals surface area contributed by atoms with Gasteiger partial charge in [0.25, 0.3) is 0 Å². The van der Waals surface area contributed by atoms with Crippen molar-refractivity contribution in [1.29, 1.82) is 5.26 Å². The van der Waals surface area contributed by atoms with Gasteiger partial charge in [0.1, 0.15) is 0 Å². The molecule has 0 aliphatic carbocycles. The van der Waals surface area contributed by atoms with Gasteiger partial charge in [-0.25, -0.2) is 0 Å². The molecule has 4 heteroatoms. The largest absolute Gasteiger partial charge is 0.398 e. The van der Waals surface area contributed by atoms with E-state index in [1.54, 1.807) is 23.9 Å². The van der Waals surface area contributed by atoms with E-state index in [9.17, 15) is 0 Å². The molecule has 0 radical (unpaired) electrons. The molecule has 0 heterocycles. The molecule has 20 heavy (non-hydrogen) atoms. The molecule has 2 rings (SSSR count). The molecule has 2 aromatic carbocycles. The van der Waals surface area contributed by atoms with Gasteiger partial charge < -0.3 is 10.6 Å². The fourth-order valence-electron chi connectivity index (χ4n) is 1.90. The Morgan fingerprint density at radius 3 is 2.55 bits per heavy atom. The molecule has 0 atom stereocenters. The second-order valence-corrected chi connectivity index (χ2v) is 5.90. The highest BCUT2D eigenvalue weighted by atomic mass is 32.2. The van der Waals surface area contributed by atoms with Crippen molar-refractivity contribution in [3.8, 4) is 6.07 Å². The van der Waals surface area contributed by atoms with E-state index < -0.39 is 0 Å². The third-order valence-corrected chi connectivity index (χ3v) is 4.03. The maximum absolute atomic E-state index is 8.87. The summed E-state index contributed by atoms with van der Waals surface area (Å²) in [4.78, 5) is 4.31. The zero-order chi connectivity index (χ0) is 14.5. The summed E-state index contributed by atoms with van der Waals surface area (Å²) in [7, 11) is 4.11. The van der Waals surface area contributed by atoms with Crippen LogP contribution in [0.3, 0.4) is 0 Å². The van der Waals surface area contributed by atoms with Gasteiger partial charge in [-0.3, -0.25) is 0 Å². The smallest absolute Gasteiger partial charge is 0.0992 e. The van der Waals surface area contributed by atoms with E-state index in [4.69, 9.17) is 11.0 Å². The topological polar surface area (TPSA) is 53.0 Å². The van der Waals surface area contributed by atoms with Gasteiger partial charge in [0, 0.05) is 22.0 Å². The summed E-state index contributed by atoms with van der Waals surface area (Å²) in [6.45, 7) is 0.888. The minimum atomic E-state index is 0.591. The van der Waals surface area contributed by atoms with Gasteiger partial charge >= 0.3 is 0 Å². The Bertz CT molecular complexity index is 644. The van der Waals surface area contributed by atoms with Crippen molar-refractivity contribution in [3.05, 3.63) is 53.6 Å². The Hall–Kier alpha value is -1.96. The van der Waals surface area contributed by atoms with Crippen LogP contribution in [0.15, 0.2) is 52.3 Å². The Balaban J connectivity index is 2.28. The number of nitriles is 1. The van der Waals surface area contributed by atoms with Crippen LogP contribution in [0.2, 0.25) is 0 Å². The maximum atomic E-state index is 8.87. The minimum Gasteiger partial charge on any atom is -0.398 e. The third kappa shape index (κ3) is 3.53. The van der Waals surface area contributed by atoms with Crippen LogP contribution >= 0.6 is 11.8 Å². The molecule has 2 N–H and O–H groups in total. The number of nitrogens with zero attached hydrogens (tertiary/aromatic N) is 2. The van der Waals surface area contributed by atoms with Crippen LogP contribution < -0.4 is 5.73 Å². The molecule has 0 fully saturated rings. The average molecular weight is 282 g/mol. The fraction of sp³-hybridized carbons (Fsp3) is 0.188. The van der Waals surface area contributed by atoms with Gasteiger partial charge in [-0.1, -0.05) is 30.0 Å². The van der Waals surface area contributed by atoms with Crippen LogP contribution in [0.1, 0.15) is 11.1 Å². The molecule has 2 aromatic rings. The Morgan fingerprint density at radius 1 is 1.15 bits per heavy atom. The van der Waals surface area contributed by atoms with E-state index in [-0.39, 0.29) is 0 Å². The molecular formula is C16H17N3S. The highest BCUT2D eigenvalue weighted by molar-refractivity contribution is 7.99. The summed E-state index contributed by atoms with van der Waals surface area (Å²) < 4.78 is 0. The zero-order valence-corrected chi connectivity index (χ0v) is 12.4. The Kier molecular flexibility index (Phi) is 4.67. The SMILES string of the molecule is CN([11CH3])Cc1ccccc1Sc1ccc(C#N)cc1N. The first-order valence-electron chi connectivity index (χ1n) is 6.30. The van der Waals surface area contributed by atoms with E-state index in [0.29, 0.717) is 11.3 Å². The molecular weight excluding hydrogens is 265 g/mol. The molecule has 0 spiro atoms. The summed E-state index contributed by atoms with van der Waals surface area (Å²) >= 11 is 1.64. The predicted molar refractivity (Wildman–Crippen MR) is 83.5 cm³/mol. The van der Waals surface area contributed by atoms with E-state index >= 15 is 0 Å². The lowest BCUT2D eigenvalue weighted by Crippen LogP contribution is -2.11. The molecule has 0 aromatic heterocycles. The molecule has 102 valence electrons. The van der Waals surface area contributed by atoms with Crippen molar-refractivity contribution < 1.29 is 0 Å². The summed E-state index contributed by atoms with van der Waals surface area (Å²) in [6.07, 6.45) is 0. The van der Waals surface area contributed by atoms with Crippen molar-refractivity contribution in [2.75, 3.05) is 19.8 Å². The quantitative estimate of drug-likeness (QED) is 0.874. The maximum Gasteiger partial charge on any atom is 0.0992 e. The van der Waals surface area contributed by atoms with Crippen LogP contribution in [-0.2, 0) is 6.54 Å². The summed E-state index contributed by atoms with van der Waals surface area (Å²) in [6, 6.07) is 15.8. The minimum absolute atomic E-state index is 0.591. The van der Waals surface area contributed by atoms with Crippen molar-refractivity contribution in [2.45, 2.75) is 16.3 Å². The lowest BCUT2D eigenvalue weighted by Gasteiger charge is -2.14. The van der Waals surface area contributed by atoms with Crippen LogP contribution in [0.5, 0.6) is 0 Å². The van der Waals surface area contributed by atoms with Gasteiger partial charge in [-0.15, -0.1) is 0 Å². The van der Waals surface area contributed by atoms with Gasteiger partial charge in [0.15, 0.2) is 0 Å². The molecule has 0 bridgehead atoms. The molecule has 0 aliphatic rings. The molecule has 0 amide bonds. The third-order valence-electron chi connectivity index (χ3n) is 2.82.